The van der Waals surface area contributed by atoms with E-state index in [9.17, 15) is 14.9 Å². The first-order chi connectivity index (χ1) is 16.4. The molecule has 1 aliphatic rings. The Kier molecular flexibility index (Phi) is 7.08. The zero-order valence-electron chi connectivity index (χ0n) is 18.8. The second-order valence-electron chi connectivity index (χ2n) is 7.89. The van der Waals surface area contributed by atoms with Crippen molar-refractivity contribution in [3.05, 3.63) is 105 Å². The Balaban J connectivity index is 1.45. The van der Waals surface area contributed by atoms with Crippen LogP contribution >= 0.6 is 11.8 Å². The average molecular weight is 474 g/mol. The van der Waals surface area contributed by atoms with Gasteiger partial charge in [0.2, 0.25) is 0 Å². The third-order valence-electron chi connectivity index (χ3n) is 5.06. The molecule has 1 aliphatic heterocycles. The van der Waals surface area contributed by atoms with Crippen molar-refractivity contribution in [1.82, 2.24) is 4.90 Å². The molecule has 0 N–H and O–H groups in total. The molecule has 0 atom stereocenters. The van der Waals surface area contributed by atoms with Crippen molar-refractivity contribution in [2.24, 2.45) is 4.99 Å². The van der Waals surface area contributed by atoms with Gasteiger partial charge in [-0.2, -0.15) is 0 Å². The van der Waals surface area contributed by atoms with Gasteiger partial charge in [-0.3, -0.25) is 19.8 Å². The molecule has 1 amide bonds. The van der Waals surface area contributed by atoms with Gasteiger partial charge in [0, 0.05) is 18.2 Å². The largest absolute Gasteiger partial charge is 0.489 e. The molecule has 0 radical (unpaired) electrons. The van der Waals surface area contributed by atoms with Crippen LogP contribution in [0.4, 0.5) is 11.4 Å². The van der Waals surface area contributed by atoms with Crippen molar-refractivity contribution in [3.63, 3.8) is 0 Å². The van der Waals surface area contributed by atoms with Gasteiger partial charge in [-0.25, -0.2) is 4.99 Å². The predicted octanol–water partition coefficient (Wildman–Crippen LogP) is 6.19. The lowest BCUT2D eigenvalue weighted by Gasteiger charge is -2.19. The molecule has 7 nitrogen and oxygen atoms in total. The standard InChI is InChI=1S/C26H23N3O4S/c1-18(2)28-25(30)24(34-26(28)27-21-6-4-3-5-7-21)16-19-10-14-23(15-11-19)33-17-20-8-12-22(13-9-20)29(31)32/h3-16,18H,17H2,1-2H3/b24-16+,27-26?. The molecule has 4 rings (SSSR count). The third kappa shape index (κ3) is 5.52. The first kappa shape index (κ1) is 23.3. The van der Waals surface area contributed by atoms with Crippen LogP contribution in [0.5, 0.6) is 5.75 Å². The van der Waals surface area contributed by atoms with Crippen molar-refractivity contribution >= 4 is 40.3 Å². The maximum Gasteiger partial charge on any atom is 0.269 e. The lowest BCUT2D eigenvalue weighted by atomic mass is 10.2. The number of para-hydroxylation sites is 1. The summed E-state index contributed by atoms with van der Waals surface area (Å²) >= 11 is 1.37. The number of hydrogen-bond donors (Lipinski definition) is 0. The topological polar surface area (TPSA) is 85.0 Å². The summed E-state index contributed by atoms with van der Waals surface area (Å²) in [5.41, 5.74) is 2.57. The van der Waals surface area contributed by atoms with Gasteiger partial charge in [-0.05, 0) is 79.2 Å². The maximum absolute atomic E-state index is 13.0. The molecule has 1 saturated heterocycles. The van der Waals surface area contributed by atoms with Gasteiger partial charge in [0.15, 0.2) is 5.17 Å². The second kappa shape index (κ2) is 10.4. The maximum atomic E-state index is 13.0. The number of aliphatic imine (C=N–C) groups is 1. The van der Waals surface area contributed by atoms with E-state index in [0.717, 1.165) is 16.8 Å². The highest BCUT2D eigenvalue weighted by Crippen LogP contribution is 2.35. The minimum absolute atomic E-state index is 0.0106. The number of non-ortho nitro benzene ring substituents is 1. The van der Waals surface area contributed by atoms with Crippen LogP contribution in [0.1, 0.15) is 25.0 Å². The Labute approximate surface area is 201 Å². The number of carbonyl (C=O) groups excluding carboxylic acids is 1. The summed E-state index contributed by atoms with van der Waals surface area (Å²) in [6, 6.07) is 23.3. The van der Waals surface area contributed by atoms with Gasteiger partial charge in [-0.1, -0.05) is 30.3 Å². The summed E-state index contributed by atoms with van der Waals surface area (Å²) in [4.78, 5) is 30.4. The number of hydrogen-bond acceptors (Lipinski definition) is 6. The number of amidine groups is 1. The van der Waals surface area contributed by atoms with Crippen molar-refractivity contribution in [2.45, 2.75) is 26.5 Å². The molecule has 1 fully saturated rings. The van der Waals surface area contributed by atoms with E-state index in [1.54, 1.807) is 17.0 Å². The van der Waals surface area contributed by atoms with E-state index >= 15 is 0 Å². The first-order valence-corrected chi connectivity index (χ1v) is 11.6. The van der Waals surface area contributed by atoms with E-state index in [1.165, 1.54) is 23.9 Å². The number of ether oxygens (including phenoxy) is 1. The van der Waals surface area contributed by atoms with Crippen LogP contribution in [0.25, 0.3) is 6.08 Å². The highest BCUT2D eigenvalue weighted by molar-refractivity contribution is 8.18. The van der Waals surface area contributed by atoms with Crippen molar-refractivity contribution < 1.29 is 14.5 Å². The Morgan fingerprint density at radius 2 is 1.71 bits per heavy atom. The number of rotatable bonds is 7. The van der Waals surface area contributed by atoms with Crippen LogP contribution < -0.4 is 4.74 Å². The number of amides is 1. The van der Waals surface area contributed by atoms with Crippen LogP contribution in [0, 0.1) is 10.1 Å². The lowest BCUT2D eigenvalue weighted by Crippen LogP contribution is -2.35. The summed E-state index contributed by atoms with van der Waals surface area (Å²) < 4.78 is 5.78. The van der Waals surface area contributed by atoms with Gasteiger partial charge in [-0.15, -0.1) is 0 Å². The fraction of sp³-hybridized carbons (Fsp3) is 0.154. The Hall–Kier alpha value is -3.91. The number of nitro groups is 1. The predicted molar refractivity (Wildman–Crippen MR) is 135 cm³/mol. The van der Waals surface area contributed by atoms with Crippen LogP contribution in [-0.2, 0) is 11.4 Å². The SMILES string of the molecule is CC(C)N1C(=O)/C(=C\c2ccc(OCc3ccc([N+](=O)[O-])cc3)cc2)SC1=Nc1ccccc1. The zero-order valence-corrected chi connectivity index (χ0v) is 19.6. The van der Waals surface area contributed by atoms with Gasteiger partial charge in [0.25, 0.3) is 11.6 Å². The Bertz CT molecular complexity index is 1240. The number of thioether (sulfide) groups is 1. The minimum atomic E-state index is -0.428. The van der Waals surface area contributed by atoms with Crippen molar-refractivity contribution in [1.29, 1.82) is 0 Å². The summed E-state index contributed by atoms with van der Waals surface area (Å²) in [7, 11) is 0. The Morgan fingerprint density at radius 1 is 1.03 bits per heavy atom. The molecular formula is C26H23N3O4S. The molecule has 0 saturated carbocycles. The summed E-state index contributed by atoms with van der Waals surface area (Å²) in [5.74, 6) is 0.606. The minimum Gasteiger partial charge on any atom is -0.489 e. The molecule has 8 heteroatoms. The van der Waals surface area contributed by atoms with Crippen LogP contribution in [-0.4, -0.2) is 26.9 Å². The molecule has 0 aliphatic carbocycles. The van der Waals surface area contributed by atoms with E-state index in [-0.39, 0.29) is 17.6 Å². The first-order valence-electron chi connectivity index (χ1n) is 10.7. The highest BCUT2D eigenvalue weighted by atomic mass is 32.2. The number of nitro benzene ring substituents is 1. The van der Waals surface area contributed by atoms with E-state index in [4.69, 9.17) is 4.74 Å². The quantitative estimate of drug-likeness (QED) is 0.232. The molecule has 0 aromatic heterocycles. The van der Waals surface area contributed by atoms with Crippen molar-refractivity contribution in [3.8, 4) is 5.75 Å². The molecule has 1 heterocycles. The third-order valence-corrected chi connectivity index (χ3v) is 6.05. The zero-order chi connectivity index (χ0) is 24.1. The van der Waals surface area contributed by atoms with Gasteiger partial charge < -0.3 is 4.74 Å². The summed E-state index contributed by atoms with van der Waals surface area (Å²) in [6.45, 7) is 4.24. The lowest BCUT2D eigenvalue weighted by molar-refractivity contribution is -0.384. The molecule has 172 valence electrons. The van der Waals surface area contributed by atoms with Crippen LogP contribution in [0.3, 0.4) is 0 Å². The Morgan fingerprint density at radius 3 is 2.32 bits per heavy atom. The van der Waals surface area contributed by atoms with Gasteiger partial charge >= 0.3 is 0 Å². The fourth-order valence-electron chi connectivity index (χ4n) is 3.33. The van der Waals surface area contributed by atoms with E-state index < -0.39 is 4.92 Å². The fourth-order valence-corrected chi connectivity index (χ4v) is 4.45. The molecule has 0 bridgehead atoms. The average Bonchev–Trinajstić information content (AvgIpc) is 3.14. The number of benzene rings is 3. The van der Waals surface area contributed by atoms with Crippen molar-refractivity contribution in [2.75, 3.05) is 0 Å². The second-order valence-corrected chi connectivity index (χ2v) is 8.90. The van der Waals surface area contributed by atoms with E-state index in [2.05, 4.69) is 4.99 Å². The van der Waals surface area contributed by atoms with Crippen LogP contribution in [0.2, 0.25) is 0 Å². The molecule has 34 heavy (non-hydrogen) atoms. The molecule has 3 aromatic carbocycles. The normalized spacial score (nSPS) is 16.0. The monoisotopic (exact) mass is 473 g/mol. The van der Waals surface area contributed by atoms with E-state index in [0.29, 0.717) is 22.4 Å². The molecular weight excluding hydrogens is 450 g/mol. The number of carbonyl (C=O) groups is 1. The van der Waals surface area contributed by atoms with Gasteiger partial charge in [0.1, 0.15) is 12.4 Å². The molecule has 0 spiro atoms. The summed E-state index contributed by atoms with van der Waals surface area (Å²) in [6.07, 6.45) is 1.86. The molecule has 0 unspecified atom stereocenters. The van der Waals surface area contributed by atoms with Crippen LogP contribution in [0.15, 0.2) is 88.8 Å². The van der Waals surface area contributed by atoms with Gasteiger partial charge in [0.05, 0.1) is 15.5 Å². The molecule has 3 aromatic rings. The number of nitrogens with zero attached hydrogens (tertiary/aromatic N) is 3. The summed E-state index contributed by atoms with van der Waals surface area (Å²) in [5, 5.41) is 11.4. The smallest absolute Gasteiger partial charge is 0.269 e. The highest BCUT2D eigenvalue weighted by Gasteiger charge is 2.35. The van der Waals surface area contributed by atoms with E-state index in [1.807, 2.05) is 74.5 Å².